The number of nitrogens with zero attached hydrogens (tertiary/aromatic N) is 2. The number of urea groups is 1. The molecule has 1 unspecified atom stereocenters. The maximum Gasteiger partial charge on any atom is 0.407 e. The summed E-state index contributed by atoms with van der Waals surface area (Å²) in [6, 6.07) is 13.0. The molecule has 0 aliphatic heterocycles. The van der Waals surface area contributed by atoms with Crippen LogP contribution >= 0.6 is 0 Å². The summed E-state index contributed by atoms with van der Waals surface area (Å²) in [7, 11) is 1.52. The number of aromatic nitrogens is 1. The third-order valence-electron chi connectivity index (χ3n) is 4.56. The second kappa shape index (κ2) is 11.9. The highest BCUT2D eigenvalue weighted by Crippen LogP contribution is 2.32. The molecule has 176 valence electrons. The number of anilines is 2. The van der Waals surface area contributed by atoms with Crippen molar-refractivity contribution in [3.05, 3.63) is 60.6 Å². The summed E-state index contributed by atoms with van der Waals surface area (Å²) < 4.78 is 15.7. The minimum Gasteiger partial charge on any atom is -0.496 e. The highest BCUT2D eigenvalue weighted by Gasteiger charge is 2.12. The number of benzene rings is 2. The lowest BCUT2D eigenvalue weighted by Crippen LogP contribution is -2.31. The summed E-state index contributed by atoms with van der Waals surface area (Å²) in [6.45, 7) is 0.134. The predicted octanol–water partition coefficient (Wildman–Crippen LogP) is 3.46. The molecule has 11 nitrogen and oxygen atoms in total. The topological polar surface area (TPSA) is 165 Å². The van der Waals surface area contributed by atoms with Crippen LogP contribution in [0.25, 0.3) is 11.3 Å². The quantitative estimate of drug-likeness (QED) is 0.374. The number of nitrogens with two attached hydrogens (primary N) is 1. The summed E-state index contributed by atoms with van der Waals surface area (Å²) in [5, 5.41) is 16.6. The van der Waals surface area contributed by atoms with Crippen LogP contribution in [0, 0.1) is 11.3 Å². The van der Waals surface area contributed by atoms with E-state index in [1.807, 2.05) is 6.07 Å². The Balaban J connectivity index is 1.53. The molecule has 0 saturated carbocycles. The van der Waals surface area contributed by atoms with Crippen LogP contribution in [-0.4, -0.2) is 36.9 Å². The third-order valence-corrected chi connectivity index (χ3v) is 4.56. The van der Waals surface area contributed by atoms with Gasteiger partial charge < -0.3 is 35.6 Å². The fourth-order valence-corrected chi connectivity index (χ4v) is 2.96. The van der Waals surface area contributed by atoms with E-state index in [0.29, 0.717) is 28.4 Å². The Kier molecular flexibility index (Phi) is 8.42. The molecule has 5 N–H and O–H groups in total. The summed E-state index contributed by atoms with van der Waals surface area (Å²) in [4.78, 5) is 28.1. The van der Waals surface area contributed by atoms with E-state index < -0.39 is 18.2 Å². The van der Waals surface area contributed by atoms with Gasteiger partial charge in [0.15, 0.2) is 12.2 Å². The molecule has 2 aromatic carbocycles. The van der Waals surface area contributed by atoms with Crippen molar-refractivity contribution in [2.45, 2.75) is 19.0 Å². The molecular formula is C23H24N6O5. The molecular weight excluding hydrogens is 440 g/mol. The Morgan fingerprint density at radius 2 is 2.00 bits per heavy atom. The van der Waals surface area contributed by atoms with Crippen LogP contribution < -0.4 is 26.4 Å². The number of rotatable bonds is 9. The number of nitrogens with one attached hydrogen (secondary N) is 3. The molecule has 0 aliphatic carbocycles. The van der Waals surface area contributed by atoms with E-state index in [1.54, 1.807) is 48.7 Å². The highest BCUT2D eigenvalue weighted by atomic mass is 16.5. The molecule has 0 aliphatic rings. The lowest BCUT2D eigenvalue weighted by molar-refractivity contribution is 0.139. The van der Waals surface area contributed by atoms with Gasteiger partial charge in [-0.05, 0) is 29.8 Å². The zero-order valence-electron chi connectivity index (χ0n) is 18.4. The molecule has 3 aromatic rings. The van der Waals surface area contributed by atoms with E-state index in [4.69, 9.17) is 24.9 Å². The highest BCUT2D eigenvalue weighted by molar-refractivity contribution is 6.00. The van der Waals surface area contributed by atoms with Crippen LogP contribution in [0.1, 0.15) is 12.0 Å². The van der Waals surface area contributed by atoms with Gasteiger partial charge in [0.05, 0.1) is 37.4 Å². The summed E-state index contributed by atoms with van der Waals surface area (Å²) in [5.74, 6) is 1.07. The second-order valence-corrected chi connectivity index (χ2v) is 7.13. The van der Waals surface area contributed by atoms with Crippen LogP contribution in [0.5, 0.6) is 5.75 Å². The lowest BCUT2D eigenvalue weighted by atomic mass is 10.1. The van der Waals surface area contributed by atoms with E-state index in [-0.39, 0.29) is 19.6 Å². The van der Waals surface area contributed by atoms with Gasteiger partial charge in [-0.1, -0.05) is 12.1 Å². The van der Waals surface area contributed by atoms with Crippen molar-refractivity contribution in [1.29, 1.82) is 5.26 Å². The van der Waals surface area contributed by atoms with Gasteiger partial charge in [-0.3, -0.25) is 0 Å². The smallest absolute Gasteiger partial charge is 0.407 e. The van der Waals surface area contributed by atoms with E-state index in [1.165, 1.54) is 13.5 Å². The zero-order chi connectivity index (χ0) is 24.3. The van der Waals surface area contributed by atoms with E-state index >= 15 is 0 Å². The van der Waals surface area contributed by atoms with E-state index in [2.05, 4.69) is 20.9 Å². The molecule has 34 heavy (non-hydrogen) atoms. The largest absolute Gasteiger partial charge is 0.496 e. The number of alkyl carbamates (subject to hydrolysis) is 1. The first-order valence-electron chi connectivity index (χ1n) is 10.3. The maximum atomic E-state index is 12.5. The Morgan fingerprint density at radius 1 is 1.21 bits per heavy atom. The molecule has 1 aromatic heterocycles. The van der Waals surface area contributed by atoms with Crippen LogP contribution in [0.3, 0.4) is 0 Å². The normalized spacial score (nSPS) is 11.1. The number of hydrogen-bond acceptors (Lipinski definition) is 8. The number of hydrogen-bond donors (Lipinski definition) is 4. The van der Waals surface area contributed by atoms with Gasteiger partial charge in [0.25, 0.3) is 0 Å². The standard InChI is InChI=1S/C23H24N6O5/c1-32-20-10-18(5-6-19(20)21-12-26-14-34-21)29-22(30)28-17-4-2-3-15(9-17)11-27-23(31)33-13-16(25)7-8-24/h2-6,9-10,12,14,16H,7,11,13,25H2,1H3,(H,27,31)(H2,28,29,30). The number of carbonyl (C=O) groups excluding carboxylic acids is 2. The first kappa shape index (κ1) is 24.1. The molecule has 0 fully saturated rings. The Labute approximate surface area is 195 Å². The first-order valence-corrected chi connectivity index (χ1v) is 10.3. The number of carbonyl (C=O) groups is 2. The fourth-order valence-electron chi connectivity index (χ4n) is 2.96. The van der Waals surface area contributed by atoms with E-state index in [0.717, 1.165) is 5.56 Å². The summed E-state index contributed by atoms with van der Waals surface area (Å²) >= 11 is 0. The van der Waals surface area contributed by atoms with Gasteiger partial charge in [-0.2, -0.15) is 5.26 Å². The Bertz CT molecular complexity index is 1160. The second-order valence-electron chi connectivity index (χ2n) is 7.13. The number of nitriles is 1. The van der Waals surface area contributed by atoms with Crippen molar-refractivity contribution >= 4 is 23.5 Å². The molecule has 0 saturated heterocycles. The molecule has 1 atom stereocenters. The fraction of sp³-hybridized carbons (Fsp3) is 0.217. The summed E-state index contributed by atoms with van der Waals surface area (Å²) in [5.41, 5.74) is 8.12. The predicted molar refractivity (Wildman–Crippen MR) is 124 cm³/mol. The average molecular weight is 464 g/mol. The molecule has 11 heteroatoms. The van der Waals surface area contributed by atoms with Gasteiger partial charge in [-0.15, -0.1) is 0 Å². The minimum atomic E-state index is -0.646. The monoisotopic (exact) mass is 464 g/mol. The summed E-state index contributed by atoms with van der Waals surface area (Å²) in [6.07, 6.45) is 2.35. The third kappa shape index (κ3) is 6.98. The number of ether oxygens (including phenoxy) is 2. The van der Waals surface area contributed by atoms with Crippen molar-refractivity contribution in [2.24, 2.45) is 5.73 Å². The zero-order valence-corrected chi connectivity index (χ0v) is 18.4. The van der Waals surface area contributed by atoms with Crippen molar-refractivity contribution in [3.8, 4) is 23.1 Å². The van der Waals surface area contributed by atoms with Gasteiger partial charge in [0.1, 0.15) is 12.4 Å². The van der Waals surface area contributed by atoms with Crippen LogP contribution in [0.2, 0.25) is 0 Å². The molecule has 0 bridgehead atoms. The Hall–Kier alpha value is -4.56. The molecule has 0 spiro atoms. The van der Waals surface area contributed by atoms with Crippen LogP contribution in [0.15, 0.2) is 59.5 Å². The lowest BCUT2D eigenvalue weighted by Gasteiger charge is -2.12. The van der Waals surface area contributed by atoms with E-state index in [9.17, 15) is 9.59 Å². The number of amides is 3. The van der Waals surface area contributed by atoms with Crippen molar-refractivity contribution in [3.63, 3.8) is 0 Å². The van der Waals surface area contributed by atoms with Crippen molar-refractivity contribution in [1.82, 2.24) is 10.3 Å². The molecule has 1 heterocycles. The van der Waals surface area contributed by atoms with Crippen molar-refractivity contribution in [2.75, 3.05) is 24.4 Å². The van der Waals surface area contributed by atoms with Gasteiger partial charge in [0.2, 0.25) is 0 Å². The minimum absolute atomic E-state index is 0.0503. The number of oxazole rings is 1. The van der Waals surface area contributed by atoms with Crippen LogP contribution in [-0.2, 0) is 11.3 Å². The molecule has 3 amide bonds. The average Bonchev–Trinajstić information content (AvgIpc) is 3.36. The van der Waals surface area contributed by atoms with Gasteiger partial charge in [-0.25, -0.2) is 14.6 Å². The number of methoxy groups -OCH3 is 1. The first-order chi connectivity index (χ1) is 16.5. The van der Waals surface area contributed by atoms with Gasteiger partial charge in [0, 0.05) is 24.0 Å². The molecule has 3 rings (SSSR count). The van der Waals surface area contributed by atoms with Gasteiger partial charge >= 0.3 is 12.1 Å². The Morgan fingerprint density at radius 3 is 2.71 bits per heavy atom. The molecule has 0 radical (unpaired) electrons. The van der Waals surface area contributed by atoms with Crippen LogP contribution in [0.4, 0.5) is 21.0 Å². The SMILES string of the molecule is COc1cc(NC(=O)Nc2cccc(CNC(=O)OCC(N)CC#N)c2)ccc1-c1cnco1. The maximum absolute atomic E-state index is 12.5. The van der Waals surface area contributed by atoms with Crippen molar-refractivity contribution < 1.29 is 23.5 Å².